The molecule has 76 valence electrons. The van der Waals surface area contributed by atoms with Gasteiger partial charge in [0.05, 0.1) is 11.8 Å². The predicted molar refractivity (Wildman–Crippen MR) is 54.6 cm³/mol. The highest BCUT2D eigenvalue weighted by Gasteiger charge is 2.19. The van der Waals surface area contributed by atoms with Gasteiger partial charge in [-0.3, -0.25) is 4.79 Å². The number of nitrogens with one attached hydrogen (secondary N) is 1. The van der Waals surface area contributed by atoms with Crippen molar-refractivity contribution in [1.82, 2.24) is 9.97 Å². The van der Waals surface area contributed by atoms with Crippen LogP contribution in [-0.2, 0) is 4.74 Å². The second-order valence-corrected chi connectivity index (χ2v) is 3.98. The van der Waals surface area contributed by atoms with Crippen LogP contribution < -0.4 is 5.56 Å². The monoisotopic (exact) mass is 212 g/mol. The van der Waals surface area contributed by atoms with Crippen LogP contribution in [0, 0.1) is 0 Å². The molecule has 1 aromatic rings. The van der Waals surface area contributed by atoms with E-state index in [1.807, 2.05) is 6.26 Å². The number of ether oxygens (including phenoxy) is 1. The van der Waals surface area contributed by atoms with E-state index < -0.39 is 0 Å². The summed E-state index contributed by atoms with van der Waals surface area (Å²) in [6, 6.07) is 1.52. The molecule has 1 fully saturated rings. The molecule has 1 aliphatic rings. The van der Waals surface area contributed by atoms with E-state index in [4.69, 9.17) is 4.74 Å². The number of thioether (sulfide) groups is 1. The zero-order valence-electron chi connectivity index (χ0n) is 7.95. The molecule has 5 heteroatoms. The third kappa shape index (κ3) is 1.99. The Morgan fingerprint density at radius 1 is 1.71 bits per heavy atom. The van der Waals surface area contributed by atoms with Gasteiger partial charge in [-0.1, -0.05) is 11.8 Å². The van der Waals surface area contributed by atoms with Gasteiger partial charge >= 0.3 is 0 Å². The Labute approximate surface area is 86.1 Å². The number of H-pyrrole nitrogens is 1. The maximum Gasteiger partial charge on any atom is 0.251 e. The van der Waals surface area contributed by atoms with Crippen LogP contribution in [0.1, 0.15) is 24.6 Å². The van der Waals surface area contributed by atoms with Crippen LogP contribution in [0.15, 0.2) is 16.0 Å². The Balaban J connectivity index is 2.32. The van der Waals surface area contributed by atoms with Crippen molar-refractivity contribution in [3.63, 3.8) is 0 Å². The van der Waals surface area contributed by atoms with Crippen LogP contribution in [0.2, 0.25) is 0 Å². The van der Waals surface area contributed by atoms with Gasteiger partial charge in [0.1, 0.15) is 0 Å². The summed E-state index contributed by atoms with van der Waals surface area (Å²) in [5.41, 5.74) is 0.658. The summed E-state index contributed by atoms with van der Waals surface area (Å²) in [6.45, 7) is 0.772. The van der Waals surface area contributed by atoms with Gasteiger partial charge < -0.3 is 9.72 Å². The summed E-state index contributed by atoms with van der Waals surface area (Å²) in [5, 5.41) is 0.656. The average Bonchev–Trinajstić information content (AvgIpc) is 2.69. The minimum atomic E-state index is -0.102. The minimum absolute atomic E-state index is 0.0169. The van der Waals surface area contributed by atoms with Crippen molar-refractivity contribution in [1.29, 1.82) is 0 Å². The average molecular weight is 212 g/mol. The van der Waals surface area contributed by atoms with Crippen molar-refractivity contribution < 1.29 is 4.74 Å². The van der Waals surface area contributed by atoms with Crippen molar-refractivity contribution in [3.05, 3.63) is 22.1 Å². The molecule has 0 bridgehead atoms. The van der Waals surface area contributed by atoms with E-state index in [0.29, 0.717) is 5.16 Å². The first-order chi connectivity index (χ1) is 6.79. The van der Waals surface area contributed by atoms with Crippen LogP contribution in [0.5, 0.6) is 0 Å². The lowest BCUT2D eigenvalue weighted by molar-refractivity contribution is 0.108. The number of aromatic nitrogens is 2. The molecule has 2 rings (SSSR count). The van der Waals surface area contributed by atoms with Crippen LogP contribution in [0.25, 0.3) is 0 Å². The molecule has 1 atom stereocenters. The molecular formula is C9H12N2O2S. The fraction of sp³-hybridized carbons (Fsp3) is 0.556. The van der Waals surface area contributed by atoms with Gasteiger partial charge in [-0.05, 0) is 19.1 Å². The highest BCUT2D eigenvalue weighted by Crippen LogP contribution is 2.26. The summed E-state index contributed by atoms with van der Waals surface area (Å²) in [5.74, 6) is 0. The van der Waals surface area contributed by atoms with Crippen molar-refractivity contribution in [2.75, 3.05) is 12.9 Å². The van der Waals surface area contributed by atoms with E-state index in [1.54, 1.807) is 0 Å². The maximum absolute atomic E-state index is 11.3. The third-order valence-electron chi connectivity index (χ3n) is 2.19. The second kappa shape index (κ2) is 4.14. The topological polar surface area (TPSA) is 55.0 Å². The van der Waals surface area contributed by atoms with E-state index in [-0.39, 0.29) is 11.7 Å². The largest absolute Gasteiger partial charge is 0.372 e. The first kappa shape index (κ1) is 9.73. The van der Waals surface area contributed by atoms with Crippen molar-refractivity contribution in [2.24, 2.45) is 0 Å². The van der Waals surface area contributed by atoms with Crippen molar-refractivity contribution in [2.45, 2.75) is 24.1 Å². The van der Waals surface area contributed by atoms with Crippen molar-refractivity contribution >= 4 is 11.8 Å². The Morgan fingerprint density at radius 2 is 2.57 bits per heavy atom. The molecule has 0 aromatic carbocycles. The number of rotatable bonds is 2. The minimum Gasteiger partial charge on any atom is -0.372 e. The summed E-state index contributed by atoms with van der Waals surface area (Å²) in [4.78, 5) is 18.2. The molecule has 0 unspecified atom stereocenters. The Hall–Kier alpha value is -0.810. The van der Waals surface area contributed by atoms with Gasteiger partial charge in [-0.15, -0.1) is 0 Å². The number of hydrogen-bond donors (Lipinski definition) is 1. The molecule has 4 nitrogen and oxygen atoms in total. The lowest BCUT2D eigenvalue weighted by Gasteiger charge is -2.08. The lowest BCUT2D eigenvalue weighted by Crippen LogP contribution is -2.12. The van der Waals surface area contributed by atoms with Gasteiger partial charge in [0.15, 0.2) is 5.16 Å². The number of aromatic amines is 1. The maximum atomic E-state index is 11.3. The summed E-state index contributed by atoms with van der Waals surface area (Å²) in [6.07, 6.45) is 3.92. The molecule has 0 aliphatic carbocycles. The van der Waals surface area contributed by atoms with Crippen molar-refractivity contribution in [3.8, 4) is 0 Å². The van der Waals surface area contributed by atoms with E-state index in [2.05, 4.69) is 9.97 Å². The normalized spacial score (nSPS) is 21.4. The second-order valence-electron chi connectivity index (χ2n) is 3.18. The van der Waals surface area contributed by atoms with E-state index in [1.165, 1.54) is 17.8 Å². The molecule has 0 saturated carbocycles. The molecule has 1 saturated heterocycles. The van der Waals surface area contributed by atoms with Gasteiger partial charge in [0, 0.05) is 12.7 Å². The summed E-state index contributed by atoms with van der Waals surface area (Å²) < 4.78 is 5.47. The van der Waals surface area contributed by atoms with E-state index >= 15 is 0 Å². The van der Waals surface area contributed by atoms with Gasteiger partial charge in [-0.25, -0.2) is 4.98 Å². The zero-order valence-corrected chi connectivity index (χ0v) is 8.76. The molecule has 1 aliphatic heterocycles. The molecule has 1 aromatic heterocycles. The molecule has 2 heterocycles. The lowest BCUT2D eigenvalue weighted by atomic mass is 10.2. The van der Waals surface area contributed by atoms with Gasteiger partial charge in [0.25, 0.3) is 5.56 Å². The molecule has 1 N–H and O–H groups in total. The molecular weight excluding hydrogens is 200 g/mol. The van der Waals surface area contributed by atoms with Crippen LogP contribution in [0.3, 0.4) is 0 Å². The molecule has 0 spiro atoms. The first-order valence-corrected chi connectivity index (χ1v) is 5.79. The summed E-state index contributed by atoms with van der Waals surface area (Å²) in [7, 11) is 0. The summed E-state index contributed by atoms with van der Waals surface area (Å²) >= 11 is 1.43. The molecule has 0 amide bonds. The SMILES string of the molecule is CSc1nc([C@H]2CCCO2)cc(=O)[nH]1. The Morgan fingerprint density at radius 3 is 3.21 bits per heavy atom. The predicted octanol–water partition coefficient (Wildman–Crippen LogP) is 1.34. The van der Waals surface area contributed by atoms with Crippen LogP contribution in [-0.4, -0.2) is 22.8 Å². The zero-order chi connectivity index (χ0) is 9.97. The van der Waals surface area contributed by atoms with Crippen LogP contribution >= 0.6 is 11.8 Å². The molecule has 0 radical (unpaired) electrons. The standard InChI is InChI=1S/C9H12N2O2S/c1-14-9-10-6(5-8(12)11-9)7-3-2-4-13-7/h5,7H,2-4H2,1H3,(H,10,11,12)/t7-/m1/s1. The first-order valence-electron chi connectivity index (χ1n) is 4.56. The third-order valence-corrected chi connectivity index (χ3v) is 2.77. The van der Waals surface area contributed by atoms with E-state index in [0.717, 1.165) is 25.1 Å². The fourth-order valence-corrected chi connectivity index (χ4v) is 1.93. The number of nitrogens with zero attached hydrogens (tertiary/aromatic N) is 1. The highest BCUT2D eigenvalue weighted by molar-refractivity contribution is 7.98. The smallest absolute Gasteiger partial charge is 0.251 e. The van der Waals surface area contributed by atoms with Crippen LogP contribution in [0.4, 0.5) is 0 Å². The highest BCUT2D eigenvalue weighted by atomic mass is 32.2. The van der Waals surface area contributed by atoms with Gasteiger partial charge in [-0.2, -0.15) is 0 Å². The Bertz CT molecular complexity index is 371. The number of hydrogen-bond acceptors (Lipinski definition) is 4. The van der Waals surface area contributed by atoms with Gasteiger partial charge in [0.2, 0.25) is 0 Å². The quantitative estimate of drug-likeness (QED) is 0.594. The molecule has 14 heavy (non-hydrogen) atoms. The Kier molecular flexibility index (Phi) is 2.88. The fourth-order valence-electron chi connectivity index (χ4n) is 1.53. The van der Waals surface area contributed by atoms with E-state index in [9.17, 15) is 4.79 Å².